The highest BCUT2D eigenvalue weighted by Gasteiger charge is 2.21. The summed E-state index contributed by atoms with van der Waals surface area (Å²) in [7, 11) is -4.04. The second-order valence-electron chi connectivity index (χ2n) is 5.69. The molecule has 2 aromatic carbocycles. The van der Waals surface area contributed by atoms with Gasteiger partial charge in [0.05, 0.1) is 22.9 Å². The Morgan fingerprint density at radius 3 is 2.45 bits per heavy atom. The fraction of sp³-hybridized carbons (Fsp3) is 0.167. The van der Waals surface area contributed by atoms with Crippen molar-refractivity contribution in [3.8, 4) is 6.07 Å². The fourth-order valence-electron chi connectivity index (χ4n) is 2.30. The Kier molecular flexibility index (Phi) is 7.44. The molecular weight excluding hydrogens is 469 g/mol. The molecule has 0 atom stereocenters. The molecule has 0 fully saturated rings. The normalized spacial score (nSPS) is 10.8. The van der Waals surface area contributed by atoms with Gasteiger partial charge in [0.15, 0.2) is 6.61 Å². The minimum Gasteiger partial charge on any atom is -0.452 e. The SMILES string of the molecule is N#CCCN(C(=O)COC(=O)c1cc(S(N)(=O)=O)ccc1Br)c1ccc(F)cc1. The maximum Gasteiger partial charge on any atom is 0.339 e. The van der Waals surface area contributed by atoms with Crippen LogP contribution in [-0.2, 0) is 19.6 Å². The lowest BCUT2D eigenvalue weighted by Crippen LogP contribution is -2.35. The van der Waals surface area contributed by atoms with Gasteiger partial charge < -0.3 is 9.64 Å². The van der Waals surface area contributed by atoms with Crippen molar-refractivity contribution < 1.29 is 27.1 Å². The maximum absolute atomic E-state index is 13.1. The highest BCUT2D eigenvalue weighted by atomic mass is 79.9. The molecule has 2 rings (SSSR count). The number of ether oxygens (including phenoxy) is 1. The van der Waals surface area contributed by atoms with E-state index in [-0.39, 0.29) is 27.9 Å². The van der Waals surface area contributed by atoms with E-state index in [4.69, 9.17) is 15.1 Å². The van der Waals surface area contributed by atoms with Crippen LogP contribution in [-0.4, -0.2) is 33.4 Å². The van der Waals surface area contributed by atoms with Crippen LogP contribution in [0, 0.1) is 17.1 Å². The Bertz CT molecular complexity index is 1070. The first kappa shape index (κ1) is 22.5. The molecule has 0 aromatic heterocycles. The monoisotopic (exact) mass is 483 g/mol. The van der Waals surface area contributed by atoms with Crippen molar-refractivity contribution in [2.24, 2.45) is 5.14 Å². The molecule has 0 radical (unpaired) electrons. The van der Waals surface area contributed by atoms with Crippen LogP contribution in [0.25, 0.3) is 0 Å². The van der Waals surface area contributed by atoms with Gasteiger partial charge in [0.1, 0.15) is 5.82 Å². The van der Waals surface area contributed by atoms with E-state index in [9.17, 15) is 22.4 Å². The number of sulfonamides is 1. The second-order valence-corrected chi connectivity index (χ2v) is 8.11. The summed E-state index contributed by atoms with van der Waals surface area (Å²) in [5.74, 6) is -2.08. The number of carbonyl (C=O) groups is 2. The van der Waals surface area contributed by atoms with Crippen molar-refractivity contribution >= 4 is 43.5 Å². The van der Waals surface area contributed by atoms with Gasteiger partial charge in [-0.15, -0.1) is 0 Å². The lowest BCUT2D eigenvalue weighted by atomic mass is 10.2. The smallest absolute Gasteiger partial charge is 0.339 e. The zero-order valence-corrected chi connectivity index (χ0v) is 17.2. The summed E-state index contributed by atoms with van der Waals surface area (Å²) < 4.78 is 41.3. The van der Waals surface area contributed by atoms with Crippen LogP contribution < -0.4 is 10.0 Å². The Balaban J connectivity index is 2.16. The van der Waals surface area contributed by atoms with Crippen LogP contribution in [0.3, 0.4) is 0 Å². The molecule has 0 aliphatic carbocycles. The van der Waals surface area contributed by atoms with Crippen LogP contribution in [0.1, 0.15) is 16.8 Å². The predicted molar refractivity (Wildman–Crippen MR) is 105 cm³/mol. The molecular formula is C18H15BrFN3O5S. The van der Waals surface area contributed by atoms with Gasteiger partial charge >= 0.3 is 5.97 Å². The van der Waals surface area contributed by atoms with E-state index in [0.717, 1.165) is 18.2 Å². The van der Waals surface area contributed by atoms with E-state index in [1.54, 1.807) is 0 Å². The van der Waals surface area contributed by atoms with Crippen LogP contribution in [0.15, 0.2) is 51.8 Å². The summed E-state index contributed by atoms with van der Waals surface area (Å²) in [4.78, 5) is 25.7. The van der Waals surface area contributed by atoms with E-state index >= 15 is 0 Å². The summed E-state index contributed by atoms with van der Waals surface area (Å²) in [6, 6.07) is 10.5. The molecule has 152 valence electrons. The van der Waals surface area contributed by atoms with Crippen molar-refractivity contribution in [3.05, 3.63) is 58.3 Å². The van der Waals surface area contributed by atoms with E-state index in [1.165, 1.54) is 29.2 Å². The van der Waals surface area contributed by atoms with Crippen LogP contribution in [0.2, 0.25) is 0 Å². The Morgan fingerprint density at radius 1 is 1.21 bits per heavy atom. The number of benzene rings is 2. The summed E-state index contributed by atoms with van der Waals surface area (Å²) in [5.41, 5.74) is 0.204. The zero-order valence-electron chi connectivity index (χ0n) is 14.8. The molecule has 29 heavy (non-hydrogen) atoms. The molecule has 1 amide bonds. The van der Waals surface area contributed by atoms with E-state index in [2.05, 4.69) is 15.9 Å². The number of amides is 1. The number of halogens is 2. The number of anilines is 1. The van der Waals surface area contributed by atoms with Gasteiger partial charge in [-0.3, -0.25) is 4.79 Å². The van der Waals surface area contributed by atoms with Gasteiger partial charge in [0, 0.05) is 16.7 Å². The summed E-state index contributed by atoms with van der Waals surface area (Å²) in [6.45, 7) is -0.656. The topological polar surface area (TPSA) is 131 Å². The summed E-state index contributed by atoms with van der Waals surface area (Å²) in [6.07, 6.45) is 0.0129. The molecule has 0 saturated heterocycles. The molecule has 2 N–H and O–H groups in total. The highest BCUT2D eigenvalue weighted by Crippen LogP contribution is 2.22. The van der Waals surface area contributed by atoms with E-state index in [0.29, 0.717) is 5.69 Å². The number of nitrogens with zero attached hydrogens (tertiary/aromatic N) is 2. The fourth-order valence-corrected chi connectivity index (χ4v) is 3.25. The van der Waals surface area contributed by atoms with Gasteiger partial charge in [0.25, 0.3) is 5.91 Å². The third kappa shape index (κ3) is 6.08. The number of nitrogens with two attached hydrogens (primary N) is 1. The van der Waals surface area contributed by atoms with E-state index in [1.807, 2.05) is 6.07 Å². The standard InChI is InChI=1S/C18H15BrFN3O5S/c19-16-7-6-14(29(22,26)27)10-15(16)18(25)28-11-17(24)23(9-1-8-21)13-4-2-12(20)3-5-13/h2-7,10H,1,9,11H2,(H2,22,26,27). The zero-order chi connectivity index (χ0) is 21.6. The number of carbonyl (C=O) groups excluding carboxylic acids is 2. The van der Waals surface area contributed by atoms with Crippen molar-refractivity contribution in [3.63, 3.8) is 0 Å². The average molecular weight is 484 g/mol. The average Bonchev–Trinajstić information content (AvgIpc) is 2.67. The predicted octanol–water partition coefficient (Wildman–Crippen LogP) is 2.34. The minimum atomic E-state index is -4.04. The molecule has 8 nitrogen and oxygen atoms in total. The van der Waals surface area contributed by atoms with Gasteiger partial charge in [-0.05, 0) is 58.4 Å². The first-order valence-corrected chi connectivity index (χ1v) is 10.4. The number of primary sulfonamides is 1. The lowest BCUT2D eigenvalue weighted by molar-refractivity contribution is -0.121. The number of hydrogen-bond donors (Lipinski definition) is 1. The Labute approximate surface area is 174 Å². The number of nitriles is 1. The van der Waals surface area contributed by atoms with Crippen LogP contribution >= 0.6 is 15.9 Å². The van der Waals surface area contributed by atoms with Crippen molar-refractivity contribution in [2.75, 3.05) is 18.1 Å². The van der Waals surface area contributed by atoms with E-state index < -0.39 is 34.3 Å². The minimum absolute atomic E-state index is 0.0129. The Morgan fingerprint density at radius 2 is 1.86 bits per heavy atom. The molecule has 0 bridgehead atoms. The van der Waals surface area contributed by atoms with Gasteiger partial charge in [-0.2, -0.15) is 5.26 Å². The van der Waals surface area contributed by atoms with Crippen molar-refractivity contribution in [1.29, 1.82) is 5.26 Å². The van der Waals surface area contributed by atoms with Crippen molar-refractivity contribution in [1.82, 2.24) is 0 Å². The summed E-state index contributed by atoms with van der Waals surface area (Å²) >= 11 is 3.11. The third-order valence-corrected chi connectivity index (χ3v) is 5.30. The molecule has 0 spiro atoms. The van der Waals surface area contributed by atoms with Crippen LogP contribution in [0.4, 0.5) is 10.1 Å². The largest absolute Gasteiger partial charge is 0.452 e. The second kappa shape index (κ2) is 9.60. The van der Waals surface area contributed by atoms with Gasteiger partial charge in [0.2, 0.25) is 10.0 Å². The number of esters is 1. The quantitative estimate of drug-likeness (QED) is 0.601. The third-order valence-electron chi connectivity index (χ3n) is 3.70. The Hall–Kier alpha value is -2.81. The first-order chi connectivity index (χ1) is 13.6. The number of rotatable bonds is 7. The summed E-state index contributed by atoms with van der Waals surface area (Å²) in [5, 5.41) is 13.8. The van der Waals surface area contributed by atoms with Gasteiger partial charge in [-0.1, -0.05) is 0 Å². The molecule has 0 unspecified atom stereocenters. The number of hydrogen-bond acceptors (Lipinski definition) is 6. The molecule has 0 aliphatic rings. The molecule has 0 aliphatic heterocycles. The highest BCUT2D eigenvalue weighted by molar-refractivity contribution is 9.10. The molecule has 2 aromatic rings. The van der Waals surface area contributed by atoms with Gasteiger partial charge in [-0.25, -0.2) is 22.7 Å². The molecule has 11 heteroatoms. The first-order valence-electron chi connectivity index (χ1n) is 8.06. The molecule has 0 saturated carbocycles. The molecule has 0 heterocycles. The maximum atomic E-state index is 13.1. The van der Waals surface area contributed by atoms with Crippen molar-refractivity contribution in [2.45, 2.75) is 11.3 Å². The lowest BCUT2D eigenvalue weighted by Gasteiger charge is -2.21. The van der Waals surface area contributed by atoms with Crippen LogP contribution in [0.5, 0.6) is 0 Å².